The van der Waals surface area contributed by atoms with Gasteiger partial charge in [0.25, 0.3) is 5.56 Å². The summed E-state index contributed by atoms with van der Waals surface area (Å²) in [6.07, 6.45) is 0.873. The molecule has 88 valence electrons. The maximum atomic E-state index is 11.3. The smallest absolute Gasteiger partial charge is 0.254 e. The van der Waals surface area contributed by atoms with E-state index in [1.54, 1.807) is 6.92 Å². The molecule has 4 heteroatoms. The Hall–Kier alpha value is -2.10. The molecule has 0 atom stereocenters. The number of rotatable bonds is 3. The second-order valence-corrected chi connectivity index (χ2v) is 3.73. The van der Waals surface area contributed by atoms with E-state index < -0.39 is 0 Å². The van der Waals surface area contributed by atoms with Crippen molar-refractivity contribution in [3.05, 3.63) is 52.1 Å². The van der Waals surface area contributed by atoms with Crippen molar-refractivity contribution in [2.45, 2.75) is 20.3 Å². The first-order valence-electron chi connectivity index (χ1n) is 5.52. The second kappa shape index (κ2) is 4.82. The summed E-state index contributed by atoms with van der Waals surface area (Å²) < 4.78 is 5.63. The zero-order valence-electron chi connectivity index (χ0n) is 9.86. The molecule has 4 nitrogen and oxygen atoms in total. The Morgan fingerprint density at radius 3 is 2.82 bits per heavy atom. The molecule has 0 bridgehead atoms. The van der Waals surface area contributed by atoms with Gasteiger partial charge in [0, 0.05) is 0 Å². The van der Waals surface area contributed by atoms with Crippen LogP contribution in [0.4, 0.5) is 0 Å². The van der Waals surface area contributed by atoms with Crippen molar-refractivity contribution < 1.29 is 4.74 Å². The number of aromatic amines is 1. The molecule has 0 saturated carbocycles. The fourth-order valence-electron chi connectivity index (χ4n) is 1.61. The highest BCUT2D eigenvalue weighted by atomic mass is 16.5. The Morgan fingerprint density at radius 2 is 2.12 bits per heavy atom. The van der Waals surface area contributed by atoms with E-state index in [9.17, 15) is 4.79 Å². The van der Waals surface area contributed by atoms with E-state index in [1.165, 1.54) is 6.07 Å². The fraction of sp³-hybridized carbons (Fsp3) is 0.231. The highest BCUT2D eigenvalue weighted by Gasteiger charge is 2.04. The number of H-pyrrole nitrogens is 1. The summed E-state index contributed by atoms with van der Waals surface area (Å²) in [6.45, 7) is 3.78. The summed E-state index contributed by atoms with van der Waals surface area (Å²) in [4.78, 5) is 18.0. The summed E-state index contributed by atoms with van der Waals surface area (Å²) in [5.41, 5.74) is 0.883. The van der Waals surface area contributed by atoms with E-state index in [-0.39, 0.29) is 5.56 Å². The Kier molecular flexibility index (Phi) is 3.23. The second-order valence-electron chi connectivity index (χ2n) is 3.73. The van der Waals surface area contributed by atoms with Crippen LogP contribution in [0.2, 0.25) is 0 Å². The van der Waals surface area contributed by atoms with Crippen LogP contribution in [0.1, 0.15) is 18.3 Å². The van der Waals surface area contributed by atoms with Gasteiger partial charge in [0.2, 0.25) is 5.88 Å². The highest BCUT2D eigenvalue weighted by molar-refractivity contribution is 5.35. The first kappa shape index (κ1) is 11.4. The molecule has 1 aromatic heterocycles. The molecule has 0 fully saturated rings. The predicted octanol–water partition coefficient (Wildman–Crippen LogP) is 2.43. The summed E-state index contributed by atoms with van der Waals surface area (Å²) in [7, 11) is 0. The standard InChI is InChI=1S/C13H14N2O2/c1-3-10-6-4-5-7-11(10)17-13-8-12(16)14-9(2)15-13/h4-8H,3H2,1-2H3,(H,14,15,16). The van der Waals surface area contributed by atoms with Crippen LogP contribution < -0.4 is 10.3 Å². The molecule has 0 aliphatic carbocycles. The zero-order valence-corrected chi connectivity index (χ0v) is 9.86. The molecule has 1 aromatic carbocycles. The van der Waals surface area contributed by atoms with Crippen molar-refractivity contribution in [3.8, 4) is 11.6 Å². The van der Waals surface area contributed by atoms with Gasteiger partial charge in [-0.1, -0.05) is 25.1 Å². The summed E-state index contributed by atoms with van der Waals surface area (Å²) in [6, 6.07) is 9.07. The number of nitrogens with zero attached hydrogens (tertiary/aromatic N) is 1. The van der Waals surface area contributed by atoms with Crippen molar-refractivity contribution in [1.82, 2.24) is 9.97 Å². The first-order chi connectivity index (χ1) is 8.19. The van der Waals surface area contributed by atoms with E-state index in [2.05, 4.69) is 16.9 Å². The first-order valence-corrected chi connectivity index (χ1v) is 5.52. The minimum absolute atomic E-state index is 0.207. The van der Waals surface area contributed by atoms with E-state index >= 15 is 0 Å². The molecule has 0 radical (unpaired) electrons. The molecule has 1 N–H and O–H groups in total. The zero-order chi connectivity index (χ0) is 12.3. The van der Waals surface area contributed by atoms with Gasteiger partial charge in [-0.2, -0.15) is 0 Å². The summed E-state index contributed by atoms with van der Waals surface area (Å²) in [5.74, 6) is 1.61. The van der Waals surface area contributed by atoms with Gasteiger partial charge in [0.15, 0.2) is 0 Å². The van der Waals surface area contributed by atoms with Gasteiger partial charge in [-0.25, -0.2) is 4.98 Å². The van der Waals surface area contributed by atoms with Gasteiger partial charge >= 0.3 is 0 Å². The molecule has 0 spiro atoms. The van der Waals surface area contributed by atoms with Gasteiger partial charge < -0.3 is 9.72 Å². The number of hydrogen-bond donors (Lipinski definition) is 1. The Balaban J connectivity index is 2.34. The van der Waals surface area contributed by atoms with Gasteiger partial charge in [-0.15, -0.1) is 0 Å². The van der Waals surface area contributed by atoms with Gasteiger partial charge in [-0.05, 0) is 25.0 Å². The lowest BCUT2D eigenvalue weighted by molar-refractivity contribution is 0.453. The van der Waals surface area contributed by atoms with Crippen LogP contribution in [0.3, 0.4) is 0 Å². The third kappa shape index (κ3) is 2.72. The topological polar surface area (TPSA) is 55.0 Å². The van der Waals surface area contributed by atoms with Crippen molar-refractivity contribution in [3.63, 3.8) is 0 Å². The fourth-order valence-corrected chi connectivity index (χ4v) is 1.61. The highest BCUT2D eigenvalue weighted by Crippen LogP contribution is 2.23. The van der Waals surface area contributed by atoms with Crippen LogP contribution in [-0.4, -0.2) is 9.97 Å². The molecular formula is C13H14N2O2. The van der Waals surface area contributed by atoms with Crippen LogP contribution in [0.25, 0.3) is 0 Å². The van der Waals surface area contributed by atoms with Gasteiger partial charge in [-0.3, -0.25) is 4.79 Å². The maximum Gasteiger partial charge on any atom is 0.254 e. The number of nitrogens with one attached hydrogen (secondary N) is 1. The molecule has 0 unspecified atom stereocenters. The molecular weight excluding hydrogens is 216 g/mol. The lowest BCUT2D eigenvalue weighted by Crippen LogP contribution is -2.08. The molecule has 0 amide bonds. The summed E-state index contributed by atoms with van der Waals surface area (Å²) in [5, 5.41) is 0. The monoisotopic (exact) mass is 230 g/mol. The average molecular weight is 230 g/mol. The van der Waals surface area contributed by atoms with Crippen molar-refractivity contribution in [2.24, 2.45) is 0 Å². The largest absolute Gasteiger partial charge is 0.438 e. The van der Waals surface area contributed by atoms with E-state index in [0.717, 1.165) is 17.7 Å². The third-order valence-electron chi connectivity index (χ3n) is 2.40. The van der Waals surface area contributed by atoms with Gasteiger partial charge in [0.1, 0.15) is 11.6 Å². The Bertz CT molecular complexity index is 576. The van der Waals surface area contributed by atoms with Crippen LogP contribution in [-0.2, 0) is 6.42 Å². The summed E-state index contributed by atoms with van der Waals surface area (Å²) >= 11 is 0. The number of hydrogen-bond acceptors (Lipinski definition) is 3. The van der Waals surface area contributed by atoms with E-state index in [1.807, 2.05) is 24.3 Å². The molecule has 1 heterocycles. The average Bonchev–Trinajstić information content (AvgIpc) is 2.28. The molecule has 0 aliphatic rings. The van der Waals surface area contributed by atoms with Gasteiger partial charge in [0.05, 0.1) is 6.07 Å². The Labute approximate surface area is 99.3 Å². The van der Waals surface area contributed by atoms with Crippen LogP contribution in [0, 0.1) is 6.92 Å². The Morgan fingerprint density at radius 1 is 1.35 bits per heavy atom. The number of aromatic nitrogens is 2. The lowest BCUT2D eigenvalue weighted by atomic mass is 10.1. The predicted molar refractivity (Wildman–Crippen MR) is 65.5 cm³/mol. The van der Waals surface area contributed by atoms with E-state index in [4.69, 9.17) is 4.74 Å². The van der Waals surface area contributed by atoms with E-state index in [0.29, 0.717) is 11.7 Å². The van der Waals surface area contributed by atoms with Crippen molar-refractivity contribution >= 4 is 0 Å². The number of ether oxygens (including phenoxy) is 1. The number of benzene rings is 1. The minimum atomic E-state index is -0.207. The van der Waals surface area contributed by atoms with Crippen molar-refractivity contribution in [2.75, 3.05) is 0 Å². The molecule has 0 saturated heterocycles. The maximum absolute atomic E-state index is 11.3. The van der Waals surface area contributed by atoms with Crippen LogP contribution in [0.5, 0.6) is 11.6 Å². The molecule has 2 aromatic rings. The molecule has 0 aliphatic heterocycles. The molecule has 17 heavy (non-hydrogen) atoms. The number of para-hydroxylation sites is 1. The quantitative estimate of drug-likeness (QED) is 0.881. The van der Waals surface area contributed by atoms with Crippen molar-refractivity contribution in [1.29, 1.82) is 0 Å². The minimum Gasteiger partial charge on any atom is -0.438 e. The lowest BCUT2D eigenvalue weighted by Gasteiger charge is -2.08. The van der Waals surface area contributed by atoms with Crippen LogP contribution in [0.15, 0.2) is 35.1 Å². The normalized spacial score (nSPS) is 10.2. The molecule has 2 rings (SSSR count). The number of aryl methyl sites for hydroxylation is 2. The SMILES string of the molecule is CCc1ccccc1Oc1cc(=O)[nH]c(C)n1. The third-order valence-corrected chi connectivity index (χ3v) is 2.40. The van der Waals surface area contributed by atoms with Crippen LogP contribution >= 0.6 is 0 Å².